The van der Waals surface area contributed by atoms with Crippen LogP contribution in [0.5, 0.6) is 0 Å². The molecule has 0 bridgehead atoms. The number of thiophene rings is 1. The zero-order valence-electron chi connectivity index (χ0n) is 13.1. The van der Waals surface area contributed by atoms with Gasteiger partial charge in [-0.3, -0.25) is 4.79 Å². The number of nitrogens with two attached hydrogens (primary N) is 1. The summed E-state index contributed by atoms with van der Waals surface area (Å²) in [5.41, 5.74) is 7.26. The highest BCUT2D eigenvalue weighted by atomic mass is 35.5. The zero-order chi connectivity index (χ0) is 16.4. The first-order chi connectivity index (χ1) is 11.1. The summed E-state index contributed by atoms with van der Waals surface area (Å²) >= 11 is 7.37. The van der Waals surface area contributed by atoms with Crippen LogP contribution in [0.25, 0.3) is 15.9 Å². The molecule has 8 heteroatoms. The lowest BCUT2D eigenvalue weighted by Gasteiger charge is -2.03. The van der Waals surface area contributed by atoms with Gasteiger partial charge in [0.05, 0.1) is 16.3 Å². The number of hydrogen-bond donors (Lipinski definition) is 2. The van der Waals surface area contributed by atoms with Crippen molar-refractivity contribution in [2.75, 3.05) is 13.1 Å². The number of fused-ring (bicyclic) bond motifs is 1. The second-order valence-electron chi connectivity index (χ2n) is 5.20. The minimum atomic E-state index is -0.0679. The summed E-state index contributed by atoms with van der Waals surface area (Å²) in [6, 6.07) is 9.37. The van der Waals surface area contributed by atoms with Gasteiger partial charge in [-0.1, -0.05) is 11.6 Å². The number of carbonyl (C=O) groups excluding carboxylic acids is 1. The van der Waals surface area contributed by atoms with Crippen molar-refractivity contribution in [3.05, 3.63) is 45.9 Å². The highest BCUT2D eigenvalue weighted by molar-refractivity contribution is 7.20. The second-order valence-corrected chi connectivity index (χ2v) is 6.67. The molecule has 0 aliphatic heterocycles. The van der Waals surface area contributed by atoms with Gasteiger partial charge in [0.25, 0.3) is 5.91 Å². The van der Waals surface area contributed by atoms with Crippen molar-refractivity contribution in [2.24, 2.45) is 5.73 Å². The summed E-state index contributed by atoms with van der Waals surface area (Å²) < 4.78 is 1.85. The van der Waals surface area contributed by atoms with E-state index < -0.39 is 0 Å². The van der Waals surface area contributed by atoms with E-state index in [2.05, 4.69) is 10.4 Å². The van der Waals surface area contributed by atoms with Crippen LogP contribution in [0.4, 0.5) is 0 Å². The molecular weight excluding hydrogens is 367 g/mol. The van der Waals surface area contributed by atoms with Crippen LogP contribution in [0.2, 0.25) is 5.02 Å². The molecule has 128 valence electrons. The third-order valence-corrected chi connectivity index (χ3v) is 4.87. The van der Waals surface area contributed by atoms with E-state index >= 15 is 0 Å². The monoisotopic (exact) mass is 384 g/mol. The minimum absolute atomic E-state index is 0. The maximum absolute atomic E-state index is 12.2. The molecule has 24 heavy (non-hydrogen) atoms. The van der Waals surface area contributed by atoms with Crippen molar-refractivity contribution in [1.29, 1.82) is 0 Å². The highest BCUT2D eigenvalue weighted by Crippen LogP contribution is 2.30. The average Bonchev–Trinajstić information content (AvgIpc) is 3.10. The molecule has 0 unspecified atom stereocenters. The Hall–Kier alpha value is -1.60. The third kappa shape index (κ3) is 3.72. The molecule has 5 nitrogen and oxygen atoms in total. The first kappa shape index (κ1) is 18.7. The van der Waals surface area contributed by atoms with E-state index in [1.165, 1.54) is 11.3 Å². The Bertz CT molecular complexity index is 842. The number of aromatic nitrogens is 2. The normalized spacial score (nSPS) is 10.6. The van der Waals surface area contributed by atoms with E-state index in [1.54, 1.807) is 0 Å². The lowest BCUT2D eigenvalue weighted by Crippen LogP contribution is -2.25. The Morgan fingerprint density at radius 1 is 1.38 bits per heavy atom. The van der Waals surface area contributed by atoms with Gasteiger partial charge in [0.1, 0.15) is 4.83 Å². The summed E-state index contributed by atoms with van der Waals surface area (Å²) in [6.07, 6.45) is 0.772. The summed E-state index contributed by atoms with van der Waals surface area (Å²) in [5, 5.41) is 9.12. The lowest BCUT2D eigenvalue weighted by atomic mass is 10.3. The van der Waals surface area contributed by atoms with Crippen LogP contribution in [-0.4, -0.2) is 28.8 Å². The first-order valence-electron chi connectivity index (χ1n) is 7.33. The molecule has 3 aromatic rings. The molecule has 0 radical (unpaired) electrons. The highest BCUT2D eigenvalue weighted by Gasteiger charge is 2.16. The first-order valence-corrected chi connectivity index (χ1v) is 8.53. The molecule has 1 amide bonds. The van der Waals surface area contributed by atoms with E-state index in [0.29, 0.717) is 23.0 Å². The quantitative estimate of drug-likeness (QED) is 0.660. The van der Waals surface area contributed by atoms with Crippen LogP contribution in [-0.2, 0) is 0 Å². The van der Waals surface area contributed by atoms with Gasteiger partial charge < -0.3 is 11.1 Å². The Morgan fingerprint density at radius 2 is 2.08 bits per heavy atom. The van der Waals surface area contributed by atoms with Crippen molar-refractivity contribution in [3.8, 4) is 5.69 Å². The van der Waals surface area contributed by atoms with Gasteiger partial charge in [0.2, 0.25) is 0 Å². The van der Waals surface area contributed by atoms with Crippen LogP contribution in [0.15, 0.2) is 30.3 Å². The predicted octanol–water partition coefficient (Wildman–Crippen LogP) is 3.55. The Morgan fingerprint density at radius 3 is 2.75 bits per heavy atom. The van der Waals surface area contributed by atoms with Crippen molar-refractivity contribution < 1.29 is 4.79 Å². The van der Waals surface area contributed by atoms with E-state index in [9.17, 15) is 4.79 Å². The summed E-state index contributed by atoms with van der Waals surface area (Å²) in [4.78, 5) is 13.8. The molecule has 0 aliphatic carbocycles. The number of carbonyl (C=O) groups is 1. The van der Waals surface area contributed by atoms with E-state index in [4.69, 9.17) is 17.3 Å². The van der Waals surface area contributed by atoms with Crippen LogP contribution in [0.1, 0.15) is 21.8 Å². The fourth-order valence-electron chi connectivity index (χ4n) is 2.31. The predicted molar refractivity (Wildman–Crippen MR) is 102 cm³/mol. The molecule has 2 aromatic heterocycles. The summed E-state index contributed by atoms with van der Waals surface area (Å²) in [5.74, 6) is -0.0679. The molecule has 0 aliphatic rings. The van der Waals surface area contributed by atoms with Gasteiger partial charge in [0, 0.05) is 17.0 Å². The number of nitrogens with one attached hydrogen (secondary N) is 1. The molecular formula is C16H18Cl2N4OS. The van der Waals surface area contributed by atoms with Crippen molar-refractivity contribution >= 4 is 51.5 Å². The standard InChI is InChI=1S/C16H17ClN4OS.ClH/c1-10-13-9-14(15(22)19-8-2-7-18)23-16(13)21(20-10)12-5-3-11(17)4-6-12;/h3-6,9H,2,7-8,18H2,1H3,(H,19,22);1H. The van der Waals surface area contributed by atoms with Crippen molar-refractivity contribution in [1.82, 2.24) is 15.1 Å². The van der Waals surface area contributed by atoms with Gasteiger partial charge >= 0.3 is 0 Å². The van der Waals surface area contributed by atoms with Gasteiger partial charge in [-0.05, 0) is 50.2 Å². The Labute approximate surface area is 155 Å². The van der Waals surface area contributed by atoms with Gasteiger partial charge in [-0.25, -0.2) is 4.68 Å². The maximum Gasteiger partial charge on any atom is 0.261 e. The average molecular weight is 385 g/mol. The fourth-order valence-corrected chi connectivity index (χ4v) is 3.53. The van der Waals surface area contributed by atoms with E-state index in [-0.39, 0.29) is 18.3 Å². The number of benzene rings is 1. The second kappa shape index (κ2) is 7.98. The largest absolute Gasteiger partial charge is 0.351 e. The minimum Gasteiger partial charge on any atom is -0.351 e. The number of nitrogens with zero attached hydrogens (tertiary/aromatic N) is 2. The van der Waals surface area contributed by atoms with Crippen molar-refractivity contribution in [2.45, 2.75) is 13.3 Å². The van der Waals surface area contributed by atoms with Gasteiger partial charge in [-0.15, -0.1) is 23.7 Å². The smallest absolute Gasteiger partial charge is 0.261 e. The SMILES string of the molecule is Cc1nn(-c2ccc(Cl)cc2)c2sc(C(=O)NCCCN)cc12.Cl. The molecule has 0 atom stereocenters. The van der Waals surface area contributed by atoms with Crippen LogP contribution in [0.3, 0.4) is 0 Å². The van der Waals surface area contributed by atoms with Gasteiger partial charge in [0.15, 0.2) is 0 Å². The molecule has 2 heterocycles. The molecule has 0 spiro atoms. The molecule has 3 rings (SSSR count). The molecule has 0 fully saturated rings. The number of amides is 1. The van der Waals surface area contributed by atoms with E-state index in [1.807, 2.05) is 41.9 Å². The molecule has 1 aromatic carbocycles. The van der Waals surface area contributed by atoms with Crippen LogP contribution in [0, 0.1) is 6.92 Å². The number of rotatable bonds is 5. The Kier molecular flexibility index (Phi) is 6.23. The van der Waals surface area contributed by atoms with Crippen molar-refractivity contribution in [3.63, 3.8) is 0 Å². The number of halogens is 2. The van der Waals surface area contributed by atoms with Crippen LogP contribution < -0.4 is 11.1 Å². The zero-order valence-corrected chi connectivity index (χ0v) is 15.5. The van der Waals surface area contributed by atoms with Gasteiger partial charge in [-0.2, -0.15) is 5.10 Å². The molecule has 0 saturated heterocycles. The third-order valence-electron chi connectivity index (χ3n) is 3.51. The summed E-state index contributed by atoms with van der Waals surface area (Å²) in [6.45, 7) is 3.10. The maximum atomic E-state index is 12.2. The fraction of sp³-hybridized carbons (Fsp3) is 0.250. The Balaban J connectivity index is 0.00000208. The number of hydrogen-bond acceptors (Lipinski definition) is 4. The lowest BCUT2D eigenvalue weighted by molar-refractivity contribution is 0.0957. The van der Waals surface area contributed by atoms with E-state index in [0.717, 1.165) is 28.0 Å². The topological polar surface area (TPSA) is 72.9 Å². The molecule has 3 N–H and O–H groups in total. The van der Waals surface area contributed by atoms with Crippen LogP contribution >= 0.6 is 35.3 Å². The summed E-state index contributed by atoms with van der Waals surface area (Å²) in [7, 11) is 0. The molecule has 0 saturated carbocycles. The number of aryl methyl sites for hydroxylation is 1.